The molecule has 0 heterocycles. The molecule has 3 nitrogen and oxygen atoms in total. The second kappa shape index (κ2) is 3.94. The zero-order chi connectivity index (χ0) is 9.84. The van der Waals surface area contributed by atoms with E-state index in [1.165, 1.54) is 6.92 Å². The second-order valence-electron chi connectivity index (χ2n) is 2.94. The first-order chi connectivity index (χ1) is 6.11. The van der Waals surface area contributed by atoms with E-state index in [0.29, 0.717) is 0 Å². The van der Waals surface area contributed by atoms with E-state index < -0.39 is 0 Å². The summed E-state index contributed by atoms with van der Waals surface area (Å²) < 4.78 is 0. The van der Waals surface area contributed by atoms with Crippen LogP contribution in [-0.2, 0) is 9.63 Å². The molecular formula is C10H13NO2. The summed E-state index contributed by atoms with van der Waals surface area (Å²) in [6.45, 7) is 5.34. The van der Waals surface area contributed by atoms with Crippen LogP contribution in [0.1, 0.15) is 18.1 Å². The lowest BCUT2D eigenvalue weighted by molar-refractivity contribution is -0.138. The number of carbonyl (C=O) groups excluding carboxylic acids is 1. The number of hydrogen-bond acceptors (Lipinski definition) is 3. The summed E-state index contributed by atoms with van der Waals surface area (Å²) in [5.41, 5.74) is 5.68. The van der Waals surface area contributed by atoms with Crippen molar-refractivity contribution in [3.05, 3.63) is 29.3 Å². The van der Waals surface area contributed by atoms with E-state index >= 15 is 0 Å². The Kier molecular flexibility index (Phi) is 2.90. The fraction of sp³-hybridized carbons (Fsp3) is 0.300. The Labute approximate surface area is 77.7 Å². The molecule has 0 aliphatic rings. The van der Waals surface area contributed by atoms with Gasteiger partial charge in [0.15, 0.2) is 0 Å². The molecule has 13 heavy (non-hydrogen) atoms. The molecule has 0 bridgehead atoms. The van der Waals surface area contributed by atoms with Crippen LogP contribution in [0.15, 0.2) is 18.2 Å². The van der Waals surface area contributed by atoms with Gasteiger partial charge in [-0.1, -0.05) is 12.1 Å². The Bertz CT molecular complexity index is 321. The summed E-state index contributed by atoms with van der Waals surface area (Å²) in [6.07, 6.45) is 0. The normalized spacial score (nSPS) is 9.46. The predicted molar refractivity (Wildman–Crippen MR) is 51.3 cm³/mol. The number of hydrogen-bond donors (Lipinski definition) is 1. The molecule has 3 heteroatoms. The first-order valence-electron chi connectivity index (χ1n) is 4.11. The summed E-state index contributed by atoms with van der Waals surface area (Å²) in [7, 11) is 0. The van der Waals surface area contributed by atoms with Crippen molar-refractivity contribution in [2.24, 2.45) is 0 Å². The van der Waals surface area contributed by atoms with Crippen LogP contribution in [0.25, 0.3) is 0 Å². The van der Waals surface area contributed by atoms with Gasteiger partial charge in [0.1, 0.15) is 0 Å². The van der Waals surface area contributed by atoms with Gasteiger partial charge in [0.05, 0.1) is 5.69 Å². The summed E-state index contributed by atoms with van der Waals surface area (Å²) in [6, 6.07) is 5.79. The third-order valence-corrected chi connectivity index (χ3v) is 1.91. The Hall–Kier alpha value is -1.51. The Morgan fingerprint density at radius 3 is 2.69 bits per heavy atom. The van der Waals surface area contributed by atoms with Gasteiger partial charge in [-0.25, -0.2) is 5.48 Å². The van der Waals surface area contributed by atoms with Gasteiger partial charge in [-0.3, -0.25) is 4.79 Å². The molecule has 0 saturated heterocycles. The molecule has 1 aromatic carbocycles. The zero-order valence-corrected chi connectivity index (χ0v) is 8.05. The van der Waals surface area contributed by atoms with Crippen LogP contribution in [0.5, 0.6) is 0 Å². The van der Waals surface area contributed by atoms with Crippen LogP contribution >= 0.6 is 0 Å². The van der Waals surface area contributed by atoms with Crippen molar-refractivity contribution in [1.82, 2.24) is 0 Å². The van der Waals surface area contributed by atoms with E-state index in [1.54, 1.807) is 0 Å². The molecule has 70 valence electrons. The molecule has 0 radical (unpaired) electrons. The van der Waals surface area contributed by atoms with Crippen molar-refractivity contribution < 1.29 is 9.63 Å². The van der Waals surface area contributed by atoms with Crippen LogP contribution in [0.2, 0.25) is 0 Å². The van der Waals surface area contributed by atoms with Crippen molar-refractivity contribution in [3.8, 4) is 0 Å². The third kappa shape index (κ3) is 2.47. The highest BCUT2D eigenvalue weighted by Gasteiger charge is 2.00. The van der Waals surface area contributed by atoms with Gasteiger partial charge >= 0.3 is 5.97 Å². The molecule has 0 atom stereocenters. The number of benzene rings is 1. The maximum atomic E-state index is 10.5. The predicted octanol–water partition coefficient (Wildman–Crippen LogP) is 2.19. The molecule has 1 rings (SSSR count). The molecular weight excluding hydrogens is 166 g/mol. The number of aryl methyl sites for hydroxylation is 1. The highest BCUT2D eigenvalue weighted by molar-refractivity contribution is 5.67. The molecule has 0 fully saturated rings. The van der Waals surface area contributed by atoms with Crippen molar-refractivity contribution in [1.29, 1.82) is 0 Å². The molecule has 0 aliphatic heterocycles. The van der Waals surface area contributed by atoms with Gasteiger partial charge < -0.3 is 4.84 Å². The number of rotatable bonds is 2. The Balaban J connectivity index is 2.77. The molecule has 1 aromatic rings. The SMILES string of the molecule is CC(=O)ONc1cccc(C)c1C. The number of nitrogens with one attached hydrogen (secondary N) is 1. The first-order valence-corrected chi connectivity index (χ1v) is 4.11. The Morgan fingerprint density at radius 2 is 2.08 bits per heavy atom. The topological polar surface area (TPSA) is 38.3 Å². The van der Waals surface area contributed by atoms with Crippen LogP contribution in [0.4, 0.5) is 5.69 Å². The molecule has 0 amide bonds. The number of anilines is 1. The quantitative estimate of drug-likeness (QED) is 0.707. The first kappa shape index (κ1) is 9.58. The van der Waals surface area contributed by atoms with Crippen LogP contribution < -0.4 is 5.48 Å². The average Bonchev–Trinajstić information content (AvgIpc) is 2.07. The summed E-state index contributed by atoms with van der Waals surface area (Å²) in [4.78, 5) is 15.2. The van der Waals surface area contributed by atoms with Crippen LogP contribution in [-0.4, -0.2) is 5.97 Å². The lowest BCUT2D eigenvalue weighted by atomic mass is 10.1. The van der Waals surface area contributed by atoms with Crippen molar-refractivity contribution in [2.75, 3.05) is 5.48 Å². The van der Waals surface area contributed by atoms with E-state index in [9.17, 15) is 4.79 Å². The van der Waals surface area contributed by atoms with Gasteiger partial charge in [-0.15, -0.1) is 0 Å². The fourth-order valence-electron chi connectivity index (χ4n) is 0.989. The van der Waals surface area contributed by atoms with E-state index in [0.717, 1.165) is 16.8 Å². The van der Waals surface area contributed by atoms with Crippen molar-refractivity contribution in [3.63, 3.8) is 0 Å². The van der Waals surface area contributed by atoms with E-state index in [-0.39, 0.29) is 5.97 Å². The molecule has 0 aliphatic carbocycles. The molecule has 0 unspecified atom stereocenters. The standard InChI is InChI=1S/C10H13NO2/c1-7-5-4-6-10(8(7)2)11-13-9(3)12/h4-6,11H,1-3H3. The van der Waals surface area contributed by atoms with Gasteiger partial charge in [0.2, 0.25) is 0 Å². The summed E-state index contributed by atoms with van der Waals surface area (Å²) in [5.74, 6) is -0.346. The van der Waals surface area contributed by atoms with E-state index in [1.807, 2.05) is 32.0 Å². The minimum atomic E-state index is -0.346. The maximum Gasteiger partial charge on any atom is 0.329 e. The third-order valence-electron chi connectivity index (χ3n) is 1.91. The van der Waals surface area contributed by atoms with Crippen molar-refractivity contribution >= 4 is 11.7 Å². The summed E-state index contributed by atoms with van der Waals surface area (Å²) in [5, 5.41) is 0. The molecule has 1 N–H and O–H groups in total. The monoisotopic (exact) mass is 179 g/mol. The molecule has 0 spiro atoms. The average molecular weight is 179 g/mol. The van der Waals surface area contributed by atoms with E-state index in [4.69, 9.17) is 0 Å². The highest BCUT2D eigenvalue weighted by atomic mass is 16.7. The number of carbonyl (C=O) groups is 1. The molecule has 0 aromatic heterocycles. The van der Waals surface area contributed by atoms with Crippen LogP contribution in [0, 0.1) is 13.8 Å². The zero-order valence-electron chi connectivity index (χ0n) is 8.05. The van der Waals surface area contributed by atoms with Crippen molar-refractivity contribution in [2.45, 2.75) is 20.8 Å². The minimum Gasteiger partial charge on any atom is -0.344 e. The van der Waals surface area contributed by atoms with Gasteiger partial charge in [0.25, 0.3) is 0 Å². The minimum absolute atomic E-state index is 0.346. The van der Waals surface area contributed by atoms with Gasteiger partial charge in [0, 0.05) is 6.92 Å². The largest absolute Gasteiger partial charge is 0.344 e. The fourth-order valence-corrected chi connectivity index (χ4v) is 0.989. The Morgan fingerprint density at radius 1 is 1.38 bits per heavy atom. The smallest absolute Gasteiger partial charge is 0.329 e. The lowest BCUT2D eigenvalue weighted by Gasteiger charge is -2.09. The van der Waals surface area contributed by atoms with Crippen LogP contribution in [0.3, 0.4) is 0 Å². The van der Waals surface area contributed by atoms with Gasteiger partial charge in [-0.2, -0.15) is 0 Å². The lowest BCUT2D eigenvalue weighted by Crippen LogP contribution is -2.07. The summed E-state index contributed by atoms with van der Waals surface area (Å²) >= 11 is 0. The van der Waals surface area contributed by atoms with E-state index in [2.05, 4.69) is 10.3 Å². The van der Waals surface area contributed by atoms with Gasteiger partial charge in [-0.05, 0) is 31.0 Å². The molecule has 0 saturated carbocycles. The maximum absolute atomic E-state index is 10.5. The second-order valence-corrected chi connectivity index (χ2v) is 2.94. The highest BCUT2D eigenvalue weighted by Crippen LogP contribution is 2.17.